The Hall–Kier alpha value is -3.12. The summed E-state index contributed by atoms with van der Waals surface area (Å²) in [4.78, 5) is 13.2. The molecule has 0 saturated heterocycles. The first kappa shape index (κ1) is 22.6. The van der Waals surface area contributed by atoms with Gasteiger partial charge in [-0.05, 0) is 62.6 Å². The third-order valence-electron chi connectivity index (χ3n) is 5.35. The third kappa shape index (κ3) is 5.33. The van der Waals surface area contributed by atoms with Gasteiger partial charge in [0.05, 0.1) is 16.6 Å². The second-order valence-electron chi connectivity index (χ2n) is 7.74. The van der Waals surface area contributed by atoms with Crippen LogP contribution in [0.3, 0.4) is 0 Å². The number of nitrogens with one attached hydrogen (secondary N) is 2. The molecule has 0 aliphatic carbocycles. The largest absolute Gasteiger partial charge is 0.345 e. The lowest BCUT2D eigenvalue weighted by atomic mass is 10.0. The van der Waals surface area contributed by atoms with Crippen LogP contribution in [0.15, 0.2) is 71.6 Å². The van der Waals surface area contributed by atoms with Crippen LogP contribution >= 0.6 is 0 Å². The molecule has 6 heteroatoms. The van der Waals surface area contributed by atoms with Gasteiger partial charge in [-0.3, -0.25) is 9.52 Å². The van der Waals surface area contributed by atoms with E-state index < -0.39 is 10.0 Å². The summed E-state index contributed by atoms with van der Waals surface area (Å²) in [7, 11) is -3.75. The lowest BCUT2D eigenvalue weighted by molar-refractivity contribution is 0.0935. The van der Waals surface area contributed by atoms with Crippen molar-refractivity contribution in [1.82, 2.24) is 5.32 Å². The normalized spacial score (nSPS) is 12.3. The molecule has 2 N–H and O–H groups in total. The predicted molar refractivity (Wildman–Crippen MR) is 125 cm³/mol. The Labute approximate surface area is 184 Å². The van der Waals surface area contributed by atoms with Gasteiger partial charge in [-0.25, -0.2) is 8.42 Å². The fourth-order valence-corrected chi connectivity index (χ4v) is 4.49. The fraction of sp³-hybridized carbons (Fsp3) is 0.240. The highest BCUT2D eigenvalue weighted by Gasteiger charge is 2.20. The summed E-state index contributed by atoms with van der Waals surface area (Å²) < 4.78 is 28.2. The molecule has 0 saturated carbocycles. The van der Waals surface area contributed by atoms with Crippen molar-refractivity contribution in [2.45, 2.75) is 45.1 Å². The average Bonchev–Trinajstić information content (AvgIpc) is 2.74. The second kappa shape index (κ2) is 9.35. The molecule has 162 valence electrons. The van der Waals surface area contributed by atoms with Crippen molar-refractivity contribution in [2.75, 3.05) is 4.72 Å². The highest BCUT2D eigenvalue weighted by Crippen LogP contribution is 2.24. The summed E-state index contributed by atoms with van der Waals surface area (Å²) in [5, 5.41) is 3.07. The van der Waals surface area contributed by atoms with Crippen molar-refractivity contribution < 1.29 is 13.2 Å². The van der Waals surface area contributed by atoms with Crippen molar-refractivity contribution in [3.05, 3.63) is 94.5 Å². The zero-order valence-electron chi connectivity index (χ0n) is 18.3. The zero-order chi connectivity index (χ0) is 22.6. The van der Waals surface area contributed by atoms with Gasteiger partial charge in [0.1, 0.15) is 0 Å². The van der Waals surface area contributed by atoms with E-state index in [2.05, 4.69) is 10.0 Å². The lowest BCUT2D eigenvalue weighted by Gasteiger charge is -2.19. The molecule has 3 rings (SSSR count). The maximum atomic E-state index is 13.0. The number of rotatable bonds is 7. The van der Waals surface area contributed by atoms with Gasteiger partial charge in [-0.2, -0.15) is 0 Å². The second-order valence-corrected chi connectivity index (χ2v) is 9.42. The van der Waals surface area contributed by atoms with Gasteiger partial charge in [-0.1, -0.05) is 60.5 Å². The Kier molecular flexibility index (Phi) is 6.81. The average molecular weight is 437 g/mol. The maximum absolute atomic E-state index is 13.0. The first-order valence-electron chi connectivity index (χ1n) is 10.3. The standard InChI is InChI=1S/C25H28N2O3S/c1-5-23(20-13-9-17(2)10-14-20)26-25(28)22-7-6-8-24(19(22)4)27-31(29,30)21-15-11-18(3)12-16-21/h6-16,23,27H,5H2,1-4H3,(H,26,28). The van der Waals surface area contributed by atoms with Crippen molar-refractivity contribution in [3.63, 3.8) is 0 Å². The van der Waals surface area contributed by atoms with Crippen LogP contribution in [0.5, 0.6) is 0 Å². The first-order valence-corrected chi connectivity index (χ1v) is 11.8. The molecule has 0 aromatic heterocycles. The summed E-state index contributed by atoms with van der Waals surface area (Å²) in [5.41, 5.74) is 4.58. The SMILES string of the molecule is CCC(NC(=O)c1cccc(NS(=O)(=O)c2ccc(C)cc2)c1C)c1ccc(C)cc1. The van der Waals surface area contributed by atoms with Crippen LogP contribution in [-0.4, -0.2) is 14.3 Å². The van der Waals surface area contributed by atoms with Gasteiger partial charge in [0.25, 0.3) is 15.9 Å². The van der Waals surface area contributed by atoms with E-state index in [1.165, 1.54) is 0 Å². The molecule has 0 bridgehead atoms. The summed E-state index contributed by atoms with van der Waals surface area (Å²) >= 11 is 0. The van der Waals surface area contributed by atoms with E-state index in [1.807, 2.05) is 45.0 Å². The molecule has 0 heterocycles. The molecule has 0 spiro atoms. The molecule has 3 aromatic rings. The number of benzene rings is 3. The molecule has 0 aliphatic rings. The van der Waals surface area contributed by atoms with Crippen LogP contribution in [0.1, 0.15) is 52.0 Å². The lowest BCUT2D eigenvalue weighted by Crippen LogP contribution is -2.29. The van der Waals surface area contributed by atoms with Gasteiger partial charge in [-0.15, -0.1) is 0 Å². The van der Waals surface area contributed by atoms with Gasteiger partial charge >= 0.3 is 0 Å². The minimum atomic E-state index is -3.75. The molecule has 31 heavy (non-hydrogen) atoms. The molecular formula is C25H28N2O3S. The van der Waals surface area contributed by atoms with Gasteiger partial charge in [0, 0.05) is 5.56 Å². The number of carbonyl (C=O) groups is 1. The van der Waals surface area contributed by atoms with E-state index in [4.69, 9.17) is 0 Å². The van der Waals surface area contributed by atoms with E-state index in [0.717, 1.165) is 23.1 Å². The van der Waals surface area contributed by atoms with Crippen LogP contribution in [0.25, 0.3) is 0 Å². The van der Waals surface area contributed by atoms with Crippen molar-refractivity contribution in [2.24, 2.45) is 0 Å². The number of amides is 1. The first-order chi connectivity index (χ1) is 14.7. The number of sulfonamides is 1. The number of hydrogen-bond donors (Lipinski definition) is 2. The van der Waals surface area contributed by atoms with E-state index in [1.54, 1.807) is 49.4 Å². The number of carbonyl (C=O) groups excluding carboxylic acids is 1. The van der Waals surface area contributed by atoms with Gasteiger partial charge < -0.3 is 5.32 Å². The molecular weight excluding hydrogens is 408 g/mol. The summed E-state index contributed by atoms with van der Waals surface area (Å²) in [6.45, 7) is 7.69. The maximum Gasteiger partial charge on any atom is 0.261 e. The molecule has 0 radical (unpaired) electrons. The van der Waals surface area contributed by atoms with Crippen LogP contribution < -0.4 is 10.0 Å². The van der Waals surface area contributed by atoms with Crippen LogP contribution in [0, 0.1) is 20.8 Å². The van der Waals surface area contributed by atoms with Crippen molar-refractivity contribution >= 4 is 21.6 Å². The Morgan fingerprint density at radius 2 is 1.45 bits per heavy atom. The Bertz CT molecular complexity index is 1170. The minimum absolute atomic E-state index is 0.125. The highest BCUT2D eigenvalue weighted by atomic mass is 32.2. The molecule has 0 aliphatic heterocycles. The predicted octanol–water partition coefficient (Wildman–Crippen LogP) is 5.29. The summed E-state index contributed by atoms with van der Waals surface area (Å²) in [6, 6.07) is 19.6. The zero-order valence-corrected chi connectivity index (χ0v) is 19.1. The van der Waals surface area contributed by atoms with E-state index in [-0.39, 0.29) is 16.8 Å². The molecule has 1 amide bonds. The van der Waals surface area contributed by atoms with Crippen LogP contribution in [0.2, 0.25) is 0 Å². The fourth-order valence-electron chi connectivity index (χ4n) is 3.37. The minimum Gasteiger partial charge on any atom is -0.345 e. The smallest absolute Gasteiger partial charge is 0.261 e. The number of hydrogen-bond acceptors (Lipinski definition) is 3. The Balaban J connectivity index is 1.83. The Morgan fingerprint density at radius 1 is 0.871 bits per heavy atom. The highest BCUT2D eigenvalue weighted by molar-refractivity contribution is 7.92. The summed E-state index contributed by atoms with van der Waals surface area (Å²) in [6.07, 6.45) is 0.744. The molecule has 1 atom stereocenters. The number of aryl methyl sites for hydroxylation is 2. The van der Waals surface area contributed by atoms with Crippen LogP contribution in [-0.2, 0) is 10.0 Å². The van der Waals surface area contributed by atoms with E-state index in [0.29, 0.717) is 16.8 Å². The Morgan fingerprint density at radius 3 is 2.03 bits per heavy atom. The van der Waals surface area contributed by atoms with E-state index in [9.17, 15) is 13.2 Å². The molecule has 3 aromatic carbocycles. The quantitative estimate of drug-likeness (QED) is 0.528. The van der Waals surface area contributed by atoms with Crippen molar-refractivity contribution in [3.8, 4) is 0 Å². The van der Waals surface area contributed by atoms with E-state index >= 15 is 0 Å². The summed E-state index contributed by atoms with van der Waals surface area (Å²) in [5.74, 6) is -0.235. The van der Waals surface area contributed by atoms with Crippen LogP contribution in [0.4, 0.5) is 5.69 Å². The topological polar surface area (TPSA) is 75.3 Å². The third-order valence-corrected chi connectivity index (χ3v) is 6.73. The number of anilines is 1. The monoisotopic (exact) mass is 436 g/mol. The molecule has 1 unspecified atom stereocenters. The molecule has 0 fully saturated rings. The van der Waals surface area contributed by atoms with Crippen molar-refractivity contribution in [1.29, 1.82) is 0 Å². The molecule has 5 nitrogen and oxygen atoms in total. The van der Waals surface area contributed by atoms with Gasteiger partial charge in [0.2, 0.25) is 0 Å². The van der Waals surface area contributed by atoms with Gasteiger partial charge in [0.15, 0.2) is 0 Å².